The van der Waals surface area contributed by atoms with Gasteiger partial charge in [-0.05, 0) is 21.8 Å². The number of carbonyl (C=O) groups excluding carboxylic acids is 1. The molecule has 48 valence electrons. The topological polar surface area (TPSA) is 43.1 Å². The molecule has 8 heavy (non-hydrogen) atoms. The number of nitrogens with two attached hydrogens (primary N) is 1. The van der Waals surface area contributed by atoms with Gasteiger partial charge in [0.2, 0.25) is 4.69 Å². The third kappa shape index (κ3) is 2.43. The largest absolute Gasteiger partial charge is 0.321 e. The van der Waals surface area contributed by atoms with Gasteiger partial charge in [0, 0.05) is 0 Å². The van der Waals surface area contributed by atoms with Gasteiger partial charge in [0.1, 0.15) is 0 Å². The minimum absolute atomic E-state index is 0.118. The normalized spacial score (nSPS) is 14.1. The highest BCUT2D eigenvalue weighted by molar-refractivity contribution is 9.18. The van der Waals surface area contributed by atoms with Crippen LogP contribution in [0, 0.1) is 5.92 Å². The van der Waals surface area contributed by atoms with E-state index in [4.69, 9.17) is 5.73 Å². The second-order valence-electron chi connectivity index (χ2n) is 2.07. The van der Waals surface area contributed by atoms with Gasteiger partial charge in [-0.1, -0.05) is 13.8 Å². The van der Waals surface area contributed by atoms with Gasteiger partial charge in [-0.15, -0.1) is 0 Å². The summed E-state index contributed by atoms with van der Waals surface area (Å²) in [5, 5.41) is 0. The number of rotatable bonds is 2. The van der Waals surface area contributed by atoms with Crippen molar-refractivity contribution >= 4 is 20.6 Å². The number of carbonyl (C=O) groups is 1. The van der Waals surface area contributed by atoms with Gasteiger partial charge in [0.25, 0.3) is 0 Å². The quantitative estimate of drug-likeness (QED) is 0.641. The summed E-state index contributed by atoms with van der Waals surface area (Å²) in [5.74, 6) is 0.224. The van der Waals surface area contributed by atoms with Crippen molar-refractivity contribution in [2.24, 2.45) is 11.7 Å². The molecule has 0 bridgehead atoms. The Morgan fingerprint density at radius 3 is 2.00 bits per heavy atom. The third-order valence-electron chi connectivity index (χ3n) is 0.980. The lowest BCUT2D eigenvalue weighted by molar-refractivity contribution is -0.112. The Hall–Kier alpha value is 0.110. The van der Waals surface area contributed by atoms with Crippen molar-refractivity contribution in [3.63, 3.8) is 0 Å². The molecular formula is C5H10BrNO. The lowest BCUT2D eigenvalue weighted by atomic mass is 10.1. The van der Waals surface area contributed by atoms with E-state index in [0.29, 0.717) is 0 Å². The summed E-state index contributed by atoms with van der Waals surface area (Å²) in [5.41, 5.74) is 5.36. The van der Waals surface area contributed by atoms with Crippen LogP contribution in [0.3, 0.4) is 0 Å². The van der Waals surface area contributed by atoms with Gasteiger partial charge in [0.05, 0.1) is 6.04 Å². The van der Waals surface area contributed by atoms with Gasteiger partial charge in [0.15, 0.2) is 0 Å². The Kier molecular flexibility index (Phi) is 3.24. The average molecular weight is 180 g/mol. The maximum absolute atomic E-state index is 10.4. The van der Waals surface area contributed by atoms with E-state index < -0.39 is 0 Å². The van der Waals surface area contributed by atoms with E-state index in [1.165, 1.54) is 0 Å². The first-order valence-corrected chi connectivity index (χ1v) is 3.30. The molecule has 2 nitrogen and oxygen atoms in total. The number of hydrogen-bond acceptors (Lipinski definition) is 2. The molecule has 0 heterocycles. The van der Waals surface area contributed by atoms with Crippen molar-refractivity contribution in [1.29, 1.82) is 0 Å². The standard InChI is InChI=1S/C5H10BrNO/c1-3(2)4(7)5(6)8/h3-4H,7H2,1-2H3. The van der Waals surface area contributed by atoms with Crippen molar-refractivity contribution < 1.29 is 4.79 Å². The van der Waals surface area contributed by atoms with E-state index in [1.807, 2.05) is 13.8 Å². The van der Waals surface area contributed by atoms with E-state index in [0.717, 1.165) is 0 Å². The smallest absolute Gasteiger partial charge is 0.214 e. The van der Waals surface area contributed by atoms with Crippen molar-refractivity contribution in [3.8, 4) is 0 Å². The molecule has 2 N–H and O–H groups in total. The van der Waals surface area contributed by atoms with Gasteiger partial charge in [-0.25, -0.2) is 0 Å². The van der Waals surface area contributed by atoms with Crippen molar-refractivity contribution in [2.45, 2.75) is 19.9 Å². The zero-order chi connectivity index (χ0) is 6.73. The van der Waals surface area contributed by atoms with E-state index >= 15 is 0 Å². The molecule has 1 unspecified atom stereocenters. The van der Waals surface area contributed by atoms with Crippen LogP contribution in [0.5, 0.6) is 0 Å². The van der Waals surface area contributed by atoms with Crippen LogP contribution in [-0.4, -0.2) is 10.7 Å². The summed E-state index contributed by atoms with van der Waals surface area (Å²) < 4.78 is -0.118. The molecular weight excluding hydrogens is 170 g/mol. The fourth-order valence-corrected chi connectivity index (χ4v) is 0.791. The maximum atomic E-state index is 10.4. The van der Waals surface area contributed by atoms with Gasteiger partial charge in [-0.3, -0.25) is 4.79 Å². The molecule has 0 rings (SSSR count). The SMILES string of the molecule is CC(C)C(N)C(=O)Br. The summed E-state index contributed by atoms with van der Waals surface area (Å²) in [6, 6.07) is -0.352. The second kappa shape index (κ2) is 3.20. The van der Waals surface area contributed by atoms with E-state index in [2.05, 4.69) is 15.9 Å². The molecule has 0 aliphatic rings. The van der Waals surface area contributed by atoms with E-state index in [1.54, 1.807) is 0 Å². The van der Waals surface area contributed by atoms with Crippen molar-refractivity contribution in [3.05, 3.63) is 0 Å². The summed E-state index contributed by atoms with van der Waals surface area (Å²) in [6.45, 7) is 3.81. The van der Waals surface area contributed by atoms with E-state index in [9.17, 15) is 4.79 Å². The third-order valence-corrected chi connectivity index (χ3v) is 1.51. The minimum atomic E-state index is -0.352. The van der Waals surface area contributed by atoms with Crippen molar-refractivity contribution in [2.75, 3.05) is 0 Å². The van der Waals surface area contributed by atoms with Gasteiger partial charge >= 0.3 is 0 Å². The van der Waals surface area contributed by atoms with Crippen LogP contribution in [0.4, 0.5) is 0 Å². The molecule has 0 aromatic rings. The highest BCUT2D eigenvalue weighted by atomic mass is 79.9. The summed E-state index contributed by atoms with van der Waals surface area (Å²) >= 11 is 2.78. The zero-order valence-corrected chi connectivity index (χ0v) is 6.60. The van der Waals surface area contributed by atoms with Gasteiger partial charge in [-0.2, -0.15) is 0 Å². The molecule has 0 saturated carbocycles. The molecule has 0 aliphatic heterocycles. The highest BCUT2D eigenvalue weighted by Gasteiger charge is 2.12. The summed E-state index contributed by atoms with van der Waals surface area (Å²) in [7, 11) is 0. The second-order valence-corrected chi connectivity index (χ2v) is 2.86. The molecule has 0 fully saturated rings. The van der Waals surface area contributed by atoms with Crippen LogP contribution in [0.25, 0.3) is 0 Å². The average Bonchev–Trinajstić information content (AvgIpc) is 1.64. The maximum Gasteiger partial charge on any atom is 0.214 e. The number of halogens is 1. The lowest BCUT2D eigenvalue weighted by Crippen LogP contribution is -2.31. The summed E-state index contributed by atoms with van der Waals surface area (Å²) in [4.78, 5) is 10.4. The molecule has 0 aromatic carbocycles. The van der Waals surface area contributed by atoms with Crippen LogP contribution < -0.4 is 5.73 Å². The fraction of sp³-hybridized carbons (Fsp3) is 0.800. The lowest BCUT2D eigenvalue weighted by Gasteiger charge is -2.08. The first kappa shape index (κ1) is 8.11. The molecule has 0 saturated heterocycles. The molecule has 1 atom stereocenters. The van der Waals surface area contributed by atoms with Crippen LogP contribution in [-0.2, 0) is 4.79 Å². The molecule has 3 heteroatoms. The fourth-order valence-electron chi connectivity index (χ4n) is 0.262. The first-order valence-electron chi connectivity index (χ1n) is 2.50. The Bertz CT molecular complexity index is 92.4. The zero-order valence-electron chi connectivity index (χ0n) is 5.02. The Morgan fingerprint density at radius 1 is 1.62 bits per heavy atom. The monoisotopic (exact) mass is 179 g/mol. The van der Waals surface area contributed by atoms with Gasteiger partial charge < -0.3 is 5.73 Å². The first-order chi connectivity index (χ1) is 3.55. The summed E-state index contributed by atoms with van der Waals surface area (Å²) in [6.07, 6.45) is 0. The van der Waals surface area contributed by atoms with Crippen molar-refractivity contribution in [1.82, 2.24) is 0 Å². The predicted octanol–water partition coefficient (Wildman–Crippen LogP) is 0.891. The Labute approximate surface area is 57.6 Å². The highest BCUT2D eigenvalue weighted by Crippen LogP contribution is 2.02. The molecule has 0 spiro atoms. The Morgan fingerprint density at radius 2 is 2.00 bits per heavy atom. The number of hydrogen-bond donors (Lipinski definition) is 1. The Balaban J connectivity index is 3.64. The predicted molar refractivity (Wildman–Crippen MR) is 36.7 cm³/mol. The molecule has 0 aromatic heterocycles. The molecule has 0 aliphatic carbocycles. The van der Waals surface area contributed by atoms with Crippen LogP contribution in [0.2, 0.25) is 0 Å². The van der Waals surface area contributed by atoms with Crippen LogP contribution >= 0.6 is 15.9 Å². The molecule has 0 radical (unpaired) electrons. The molecule has 0 amide bonds. The van der Waals surface area contributed by atoms with E-state index in [-0.39, 0.29) is 16.7 Å². The van der Waals surface area contributed by atoms with Crippen LogP contribution in [0.1, 0.15) is 13.8 Å². The minimum Gasteiger partial charge on any atom is -0.321 e. The van der Waals surface area contributed by atoms with Crippen LogP contribution in [0.15, 0.2) is 0 Å².